The summed E-state index contributed by atoms with van der Waals surface area (Å²) in [5.74, 6) is 0.478. The average Bonchev–Trinajstić information content (AvgIpc) is 2.33. The van der Waals surface area contributed by atoms with Gasteiger partial charge in [0.2, 0.25) is 6.29 Å². The van der Waals surface area contributed by atoms with Crippen molar-refractivity contribution in [2.45, 2.75) is 32.0 Å². The van der Waals surface area contributed by atoms with Crippen LogP contribution in [0.25, 0.3) is 0 Å². The van der Waals surface area contributed by atoms with Crippen LogP contribution < -0.4 is 0 Å². The van der Waals surface area contributed by atoms with Gasteiger partial charge >= 0.3 is 0 Å². The fraction of sp³-hybridized carbons (Fsp3) is 0.667. The molecule has 0 spiro atoms. The van der Waals surface area contributed by atoms with Crippen LogP contribution in [-0.2, 0) is 0 Å². The zero-order valence-corrected chi connectivity index (χ0v) is 9.71. The van der Waals surface area contributed by atoms with Gasteiger partial charge < -0.3 is 10.0 Å². The molecule has 1 heterocycles. The lowest BCUT2D eigenvalue weighted by Crippen LogP contribution is -2.28. The Kier molecular flexibility index (Phi) is 3.72. The van der Waals surface area contributed by atoms with Crippen LogP contribution in [0.3, 0.4) is 0 Å². The van der Waals surface area contributed by atoms with Crippen LogP contribution in [0.2, 0.25) is 0 Å². The summed E-state index contributed by atoms with van der Waals surface area (Å²) in [5.41, 5.74) is 1.24. The van der Waals surface area contributed by atoms with Gasteiger partial charge in [0.1, 0.15) is 0 Å². The lowest BCUT2D eigenvalue weighted by atomic mass is 9.88. The third kappa shape index (κ3) is 2.70. The molecule has 2 rings (SSSR count). The van der Waals surface area contributed by atoms with Crippen LogP contribution in [0, 0.1) is 5.92 Å². The Morgan fingerprint density at radius 3 is 2.88 bits per heavy atom. The van der Waals surface area contributed by atoms with E-state index in [1.165, 1.54) is 5.71 Å². The minimum absolute atomic E-state index is 0.0781. The van der Waals surface area contributed by atoms with Gasteiger partial charge in [-0.2, -0.15) is 0 Å². The van der Waals surface area contributed by atoms with E-state index in [4.69, 9.17) is 5.11 Å². The summed E-state index contributed by atoms with van der Waals surface area (Å²) >= 11 is 0. The van der Waals surface area contributed by atoms with Crippen molar-refractivity contribution in [2.24, 2.45) is 15.9 Å². The normalized spacial score (nSPS) is 29.6. The molecule has 1 aliphatic heterocycles. The first kappa shape index (κ1) is 11.3. The molecule has 88 valence electrons. The number of rotatable bonds is 2. The number of aliphatic hydroxyl groups is 1. The second kappa shape index (κ2) is 5.25. The Hall–Kier alpha value is -1.16. The van der Waals surface area contributed by atoms with Gasteiger partial charge in [-0.05, 0) is 37.7 Å². The van der Waals surface area contributed by atoms with Gasteiger partial charge in [0.05, 0.1) is 0 Å². The van der Waals surface area contributed by atoms with Crippen molar-refractivity contribution in [1.29, 1.82) is 0 Å². The lowest BCUT2D eigenvalue weighted by molar-refractivity contribution is 0.208. The zero-order valence-electron chi connectivity index (χ0n) is 9.71. The third-order valence-electron chi connectivity index (χ3n) is 3.23. The summed E-state index contributed by atoms with van der Waals surface area (Å²) < 4.78 is 0. The molecule has 2 aliphatic rings. The fourth-order valence-electron chi connectivity index (χ4n) is 2.09. The molecule has 0 saturated heterocycles. The number of nitrogens with zero attached hydrogens (tertiary/aromatic N) is 3. The van der Waals surface area contributed by atoms with Gasteiger partial charge in [-0.1, -0.05) is 0 Å². The quantitative estimate of drug-likeness (QED) is 0.766. The molecule has 0 bridgehead atoms. The predicted molar refractivity (Wildman–Crippen MR) is 65.7 cm³/mol. The SMILES string of the molecule is CN1C=CC=NC1N=C1CCC(CO)CC1. The van der Waals surface area contributed by atoms with E-state index in [0.29, 0.717) is 12.5 Å². The van der Waals surface area contributed by atoms with Crippen molar-refractivity contribution in [3.05, 3.63) is 12.3 Å². The minimum atomic E-state index is -0.0781. The molecule has 0 aromatic rings. The first-order valence-corrected chi connectivity index (χ1v) is 5.88. The van der Waals surface area contributed by atoms with Crippen LogP contribution >= 0.6 is 0 Å². The number of hydrogen-bond acceptors (Lipinski definition) is 4. The monoisotopic (exact) mass is 221 g/mol. The molecule has 0 radical (unpaired) electrons. The van der Waals surface area contributed by atoms with Crippen molar-refractivity contribution < 1.29 is 5.11 Å². The Morgan fingerprint density at radius 2 is 2.25 bits per heavy atom. The Bertz CT molecular complexity index is 312. The van der Waals surface area contributed by atoms with Crippen LogP contribution in [-0.4, -0.2) is 41.9 Å². The molecule has 0 aromatic heterocycles. The Labute approximate surface area is 96.4 Å². The number of allylic oxidation sites excluding steroid dienone is 1. The highest BCUT2D eigenvalue weighted by molar-refractivity contribution is 5.85. The molecule has 1 aliphatic carbocycles. The van der Waals surface area contributed by atoms with Crippen LogP contribution in [0.5, 0.6) is 0 Å². The van der Waals surface area contributed by atoms with E-state index in [2.05, 4.69) is 9.98 Å². The molecular formula is C12H19N3O. The number of aliphatic hydroxyl groups excluding tert-OH is 1. The van der Waals surface area contributed by atoms with E-state index >= 15 is 0 Å². The van der Waals surface area contributed by atoms with Crippen molar-refractivity contribution >= 4 is 11.9 Å². The highest BCUT2D eigenvalue weighted by Crippen LogP contribution is 2.22. The molecule has 16 heavy (non-hydrogen) atoms. The average molecular weight is 221 g/mol. The summed E-state index contributed by atoms with van der Waals surface area (Å²) in [6, 6.07) is 0. The second-order valence-corrected chi connectivity index (χ2v) is 4.47. The van der Waals surface area contributed by atoms with Crippen molar-refractivity contribution in [1.82, 2.24) is 4.90 Å². The molecule has 1 N–H and O–H groups in total. The lowest BCUT2D eigenvalue weighted by Gasteiger charge is -2.25. The predicted octanol–water partition coefficient (Wildman–Crippen LogP) is 1.42. The number of aliphatic imine (C=N–C) groups is 2. The molecule has 4 heteroatoms. The van der Waals surface area contributed by atoms with Gasteiger partial charge in [0.15, 0.2) is 0 Å². The van der Waals surface area contributed by atoms with E-state index in [9.17, 15) is 0 Å². The van der Waals surface area contributed by atoms with E-state index in [1.54, 1.807) is 6.21 Å². The Morgan fingerprint density at radius 1 is 1.50 bits per heavy atom. The molecular weight excluding hydrogens is 202 g/mol. The van der Waals surface area contributed by atoms with Crippen LogP contribution in [0.15, 0.2) is 22.3 Å². The largest absolute Gasteiger partial charge is 0.396 e. The maximum absolute atomic E-state index is 9.06. The summed E-state index contributed by atoms with van der Waals surface area (Å²) in [6.45, 7) is 0.317. The molecule has 1 saturated carbocycles. The summed E-state index contributed by atoms with van der Waals surface area (Å²) in [6.07, 6.45) is 9.76. The highest BCUT2D eigenvalue weighted by atomic mass is 16.3. The van der Waals surface area contributed by atoms with Gasteiger partial charge in [-0.3, -0.25) is 0 Å². The standard InChI is InChI=1S/C12H19N3O/c1-15-8-2-7-13-12(15)14-11-5-3-10(9-16)4-6-11/h2,7-8,10,12,16H,3-6,9H2,1H3. The molecule has 1 fully saturated rings. The first-order chi connectivity index (χ1) is 7.79. The first-order valence-electron chi connectivity index (χ1n) is 5.88. The minimum Gasteiger partial charge on any atom is -0.396 e. The van der Waals surface area contributed by atoms with Gasteiger partial charge in [0, 0.05) is 31.8 Å². The van der Waals surface area contributed by atoms with E-state index in [0.717, 1.165) is 25.7 Å². The smallest absolute Gasteiger partial charge is 0.215 e. The van der Waals surface area contributed by atoms with Crippen molar-refractivity contribution in [3.63, 3.8) is 0 Å². The molecule has 0 aromatic carbocycles. The second-order valence-electron chi connectivity index (χ2n) is 4.47. The maximum atomic E-state index is 9.06. The maximum Gasteiger partial charge on any atom is 0.215 e. The summed E-state index contributed by atoms with van der Waals surface area (Å²) in [7, 11) is 1.99. The summed E-state index contributed by atoms with van der Waals surface area (Å²) in [5, 5.41) is 9.06. The van der Waals surface area contributed by atoms with Gasteiger partial charge in [-0.25, -0.2) is 9.98 Å². The zero-order chi connectivity index (χ0) is 11.4. The topological polar surface area (TPSA) is 48.2 Å². The molecule has 4 nitrogen and oxygen atoms in total. The van der Waals surface area contributed by atoms with Crippen LogP contribution in [0.4, 0.5) is 0 Å². The fourth-order valence-corrected chi connectivity index (χ4v) is 2.09. The van der Waals surface area contributed by atoms with E-state index < -0.39 is 0 Å². The molecule has 0 amide bonds. The van der Waals surface area contributed by atoms with Crippen molar-refractivity contribution in [2.75, 3.05) is 13.7 Å². The molecule has 1 unspecified atom stereocenters. The van der Waals surface area contributed by atoms with Gasteiger partial charge in [-0.15, -0.1) is 0 Å². The number of hydrogen-bond donors (Lipinski definition) is 1. The van der Waals surface area contributed by atoms with Gasteiger partial charge in [0.25, 0.3) is 0 Å². The van der Waals surface area contributed by atoms with Crippen molar-refractivity contribution in [3.8, 4) is 0 Å². The van der Waals surface area contributed by atoms with E-state index in [-0.39, 0.29) is 6.29 Å². The third-order valence-corrected chi connectivity index (χ3v) is 3.23. The van der Waals surface area contributed by atoms with Crippen LogP contribution in [0.1, 0.15) is 25.7 Å². The molecule has 1 atom stereocenters. The Balaban J connectivity index is 1.93. The highest BCUT2D eigenvalue weighted by Gasteiger charge is 2.18. The summed E-state index contributed by atoms with van der Waals surface area (Å²) in [4.78, 5) is 11.0. The van der Waals surface area contributed by atoms with E-state index in [1.807, 2.05) is 24.2 Å².